The maximum Gasteiger partial charge on any atom is 0.331 e. The van der Waals surface area contributed by atoms with E-state index in [1.54, 1.807) is 12.1 Å². The molecule has 1 aromatic carbocycles. The highest BCUT2D eigenvalue weighted by Crippen LogP contribution is 2.30. The van der Waals surface area contributed by atoms with Gasteiger partial charge in [-0.25, -0.2) is 9.18 Å². The number of ether oxygens (including phenoxy) is 2. The smallest absolute Gasteiger partial charge is 0.331 e. The second-order valence-corrected chi connectivity index (χ2v) is 4.84. The van der Waals surface area contributed by atoms with Crippen LogP contribution in [0.3, 0.4) is 0 Å². The number of hydrogen-bond donors (Lipinski definition) is 1. The molecule has 104 valence electrons. The first-order chi connectivity index (χ1) is 9.05. The number of halogens is 1. The molecule has 1 aromatic rings. The Labute approximate surface area is 111 Å². The largest absolute Gasteiger partial charge is 0.467 e. The zero-order valence-electron chi connectivity index (χ0n) is 11.1. The highest BCUT2D eigenvalue weighted by atomic mass is 19.1. The van der Waals surface area contributed by atoms with Crippen molar-refractivity contribution >= 4 is 11.7 Å². The molecular weight excluding hydrogens is 249 g/mol. The molecule has 1 heterocycles. The van der Waals surface area contributed by atoms with Crippen molar-refractivity contribution in [3.63, 3.8) is 0 Å². The summed E-state index contributed by atoms with van der Waals surface area (Å²) in [6, 6.07) is 5.94. The molecule has 0 aromatic heterocycles. The lowest BCUT2D eigenvalue weighted by molar-refractivity contribution is -0.151. The van der Waals surface area contributed by atoms with Crippen LogP contribution in [0.25, 0.3) is 0 Å². The Balaban J connectivity index is 2.22. The molecular formula is C14H18FNO3. The Hall–Kier alpha value is -1.62. The van der Waals surface area contributed by atoms with Gasteiger partial charge in [0.05, 0.1) is 13.2 Å². The van der Waals surface area contributed by atoms with Crippen LogP contribution in [0.2, 0.25) is 0 Å². The number of carbonyl (C=O) groups excluding carboxylic acids is 1. The van der Waals surface area contributed by atoms with E-state index in [1.165, 1.54) is 19.2 Å². The Morgan fingerprint density at radius 1 is 1.47 bits per heavy atom. The Morgan fingerprint density at radius 2 is 2.16 bits per heavy atom. The van der Waals surface area contributed by atoms with Crippen LogP contribution >= 0.6 is 0 Å². The molecule has 4 nitrogen and oxygen atoms in total. The molecule has 19 heavy (non-hydrogen) atoms. The zero-order chi connectivity index (χ0) is 13.9. The van der Waals surface area contributed by atoms with Gasteiger partial charge in [0.2, 0.25) is 0 Å². The second-order valence-electron chi connectivity index (χ2n) is 4.84. The van der Waals surface area contributed by atoms with Gasteiger partial charge in [0, 0.05) is 25.1 Å². The minimum atomic E-state index is -0.801. The number of benzene rings is 1. The summed E-state index contributed by atoms with van der Waals surface area (Å²) in [4.78, 5) is 12.1. The molecule has 0 spiro atoms. The van der Waals surface area contributed by atoms with Crippen LogP contribution in [0.4, 0.5) is 10.1 Å². The van der Waals surface area contributed by atoms with Crippen molar-refractivity contribution in [3.8, 4) is 0 Å². The first kappa shape index (κ1) is 13.8. The lowest BCUT2D eigenvalue weighted by Crippen LogP contribution is -2.53. The molecule has 2 rings (SSSR count). The van der Waals surface area contributed by atoms with E-state index in [2.05, 4.69) is 5.32 Å². The monoisotopic (exact) mass is 267 g/mol. The van der Waals surface area contributed by atoms with E-state index in [4.69, 9.17) is 9.47 Å². The van der Waals surface area contributed by atoms with Crippen molar-refractivity contribution in [2.24, 2.45) is 0 Å². The van der Waals surface area contributed by atoms with Crippen LogP contribution < -0.4 is 5.32 Å². The molecule has 0 aliphatic carbocycles. The molecule has 1 saturated heterocycles. The fraction of sp³-hybridized carbons (Fsp3) is 0.500. The third-order valence-corrected chi connectivity index (χ3v) is 3.37. The lowest BCUT2D eigenvalue weighted by atomic mass is 9.86. The average Bonchev–Trinajstić information content (AvgIpc) is 2.40. The minimum absolute atomic E-state index is 0.0270. The first-order valence-corrected chi connectivity index (χ1v) is 6.29. The molecule has 1 N–H and O–H groups in total. The molecule has 0 radical (unpaired) electrons. The number of rotatable bonds is 3. The molecule has 0 bridgehead atoms. The number of hydrogen-bond acceptors (Lipinski definition) is 4. The summed E-state index contributed by atoms with van der Waals surface area (Å²) >= 11 is 0. The molecule has 1 aliphatic rings. The van der Waals surface area contributed by atoms with Gasteiger partial charge in [-0.15, -0.1) is 0 Å². The van der Waals surface area contributed by atoms with Gasteiger partial charge in [-0.1, -0.05) is 0 Å². The normalized spacial score (nSPS) is 26.8. The molecule has 2 atom stereocenters. The Kier molecular flexibility index (Phi) is 4.04. The third-order valence-electron chi connectivity index (χ3n) is 3.37. The number of methoxy groups -OCH3 is 1. The predicted octanol–water partition coefficient (Wildman–Crippen LogP) is 2.35. The maximum atomic E-state index is 12.9. The van der Waals surface area contributed by atoms with Crippen LogP contribution in [0.5, 0.6) is 0 Å². The zero-order valence-corrected chi connectivity index (χ0v) is 11.1. The van der Waals surface area contributed by atoms with E-state index < -0.39 is 5.54 Å². The lowest BCUT2D eigenvalue weighted by Gasteiger charge is -2.38. The molecule has 1 fully saturated rings. The summed E-state index contributed by atoms with van der Waals surface area (Å²) in [7, 11) is 1.37. The summed E-state index contributed by atoms with van der Waals surface area (Å²) in [5.41, 5.74) is -0.106. The van der Waals surface area contributed by atoms with Crippen molar-refractivity contribution in [1.29, 1.82) is 0 Å². The number of esters is 1. The van der Waals surface area contributed by atoms with E-state index in [0.717, 1.165) is 0 Å². The van der Waals surface area contributed by atoms with E-state index >= 15 is 0 Å². The average molecular weight is 267 g/mol. The van der Waals surface area contributed by atoms with E-state index in [9.17, 15) is 9.18 Å². The van der Waals surface area contributed by atoms with E-state index in [1.807, 2.05) is 6.92 Å². The van der Waals surface area contributed by atoms with E-state index in [-0.39, 0.29) is 17.9 Å². The van der Waals surface area contributed by atoms with Crippen LogP contribution in [0, 0.1) is 5.82 Å². The van der Waals surface area contributed by atoms with Crippen LogP contribution in [-0.4, -0.2) is 31.3 Å². The Morgan fingerprint density at radius 3 is 2.74 bits per heavy atom. The maximum absolute atomic E-state index is 12.9. The predicted molar refractivity (Wildman–Crippen MR) is 69.4 cm³/mol. The van der Waals surface area contributed by atoms with Gasteiger partial charge < -0.3 is 14.8 Å². The van der Waals surface area contributed by atoms with Crippen LogP contribution in [0.1, 0.15) is 19.8 Å². The summed E-state index contributed by atoms with van der Waals surface area (Å²) in [5, 5.41) is 3.18. The van der Waals surface area contributed by atoms with Crippen molar-refractivity contribution in [3.05, 3.63) is 30.1 Å². The SMILES string of the molecule is COC(=O)C1(Nc2ccc(F)cc2)CCOC(C)C1. The molecule has 2 unspecified atom stereocenters. The quantitative estimate of drug-likeness (QED) is 0.854. The van der Waals surface area contributed by atoms with Gasteiger partial charge in [-0.3, -0.25) is 0 Å². The minimum Gasteiger partial charge on any atom is -0.467 e. The van der Waals surface area contributed by atoms with Gasteiger partial charge in [0.15, 0.2) is 0 Å². The molecule has 0 saturated carbocycles. The number of anilines is 1. The van der Waals surface area contributed by atoms with Crippen molar-refractivity contribution in [2.75, 3.05) is 19.0 Å². The van der Waals surface area contributed by atoms with Crippen molar-refractivity contribution in [2.45, 2.75) is 31.4 Å². The second kappa shape index (κ2) is 5.57. The fourth-order valence-corrected chi connectivity index (χ4v) is 2.44. The van der Waals surface area contributed by atoms with Gasteiger partial charge in [-0.05, 0) is 31.2 Å². The summed E-state index contributed by atoms with van der Waals surface area (Å²) in [5.74, 6) is -0.620. The molecule has 5 heteroatoms. The molecule has 1 aliphatic heterocycles. The summed E-state index contributed by atoms with van der Waals surface area (Å²) in [6.45, 7) is 2.41. The standard InChI is InChI=1S/C14H18FNO3/c1-10-9-14(7-8-19-10,13(17)18-2)16-12-5-3-11(15)4-6-12/h3-6,10,16H,7-9H2,1-2H3. The Bertz CT molecular complexity index is 449. The topological polar surface area (TPSA) is 47.6 Å². The first-order valence-electron chi connectivity index (χ1n) is 6.29. The third kappa shape index (κ3) is 3.04. The highest BCUT2D eigenvalue weighted by Gasteiger charge is 2.43. The van der Waals surface area contributed by atoms with Crippen LogP contribution in [-0.2, 0) is 14.3 Å². The fourth-order valence-electron chi connectivity index (χ4n) is 2.44. The van der Waals surface area contributed by atoms with Crippen molar-refractivity contribution < 1.29 is 18.7 Å². The molecule has 0 amide bonds. The summed E-state index contributed by atoms with van der Waals surface area (Å²) in [6.07, 6.45) is 1.03. The number of carbonyl (C=O) groups is 1. The van der Waals surface area contributed by atoms with Crippen molar-refractivity contribution in [1.82, 2.24) is 0 Å². The highest BCUT2D eigenvalue weighted by molar-refractivity contribution is 5.84. The van der Waals surface area contributed by atoms with Crippen LogP contribution in [0.15, 0.2) is 24.3 Å². The summed E-state index contributed by atoms with van der Waals surface area (Å²) < 4.78 is 23.3. The van der Waals surface area contributed by atoms with Gasteiger partial charge in [0.1, 0.15) is 11.4 Å². The van der Waals surface area contributed by atoms with Gasteiger partial charge in [-0.2, -0.15) is 0 Å². The van der Waals surface area contributed by atoms with Gasteiger partial charge in [0.25, 0.3) is 0 Å². The van der Waals surface area contributed by atoms with Gasteiger partial charge >= 0.3 is 5.97 Å². The number of nitrogens with one attached hydrogen (secondary N) is 1. The van der Waals surface area contributed by atoms with E-state index in [0.29, 0.717) is 25.1 Å².